The summed E-state index contributed by atoms with van der Waals surface area (Å²) >= 11 is 0. The Morgan fingerprint density at radius 2 is 1.53 bits per heavy atom. The minimum atomic E-state index is -0.360. The second kappa shape index (κ2) is 17.0. The summed E-state index contributed by atoms with van der Waals surface area (Å²) in [5.41, 5.74) is 15.4. The van der Waals surface area contributed by atoms with E-state index in [1.165, 1.54) is 67.2 Å². The molecule has 0 spiro atoms. The average molecular weight is 897 g/mol. The number of allylic oxidation sites excluding steroid dienone is 5. The molecule has 6 aliphatic carbocycles. The van der Waals surface area contributed by atoms with Crippen molar-refractivity contribution in [2.75, 3.05) is 27.7 Å². The Morgan fingerprint density at radius 1 is 0.833 bits per heavy atom. The number of esters is 1. The number of amides is 2. The molecule has 5 saturated carbocycles. The molecule has 0 radical (unpaired) electrons. The van der Waals surface area contributed by atoms with Gasteiger partial charge in [-0.25, -0.2) is 9.59 Å². The van der Waals surface area contributed by atoms with Crippen LogP contribution in [0, 0.1) is 50.7 Å². The highest BCUT2D eigenvalue weighted by Gasteiger charge is 2.77. The van der Waals surface area contributed by atoms with Crippen LogP contribution in [-0.2, 0) is 4.74 Å². The Morgan fingerprint density at radius 3 is 2.21 bits per heavy atom. The van der Waals surface area contributed by atoms with Gasteiger partial charge in [0.15, 0.2) is 0 Å². The third-order valence-electron chi connectivity index (χ3n) is 21.3. The predicted octanol–water partition coefficient (Wildman–Crippen LogP) is 13.1. The first-order chi connectivity index (χ1) is 31.3. The predicted molar refractivity (Wildman–Crippen MR) is 270 cm³/mol. The van der Waals surface area contributed by atoms with Crippen LogP contribution in [-0.4, -0.2) is 66.7 Å². The van der Waals surface area contributed by atoms with E-state index in [0.29, 0.717) is 28.7 Å². The first kappa shape index (κ1) is 47.2. The lowest BCUT2D eigenvalue weighted by atomic mass is 9.31. The molecule has 3 N–H and O–H groups in total. The van der Waals surface area contributed by atoms with Gasteiger partial charge >= 0.3 is 12.0 Å². The highest BCUT2D eigenvalue weighted by Crippen LogP contribution is 2.79. The van der Waals surface area contributed by atoms with Crippen LogP contribution in [0.4, 0.5) is 4.79 Å². The second-order valence-corrected chi connectivity index (χ2v) is 24.3. The summed E-state index contributed by atoms with van der Waals surface area (Å²) in [4.78, 5) is 32.2. The quantitative estimate of drug-likeness (QED) is 0.173. The summed E-state index contributed by atoms with van der Waals surface area (Å²) in [6, 6.07) is 19.1. The fraction of sp³-hybridized carbons (Fsp3) is 0.661. The normalized spacial score (nSPS) is 37.7. The Kier molecular flexibility index (Phi) is 12.2. The Labute approximate surface area is 398 Å². The molecule has 1 saturated heterocycles. The van der Waals surface area contributed by atoms with Crippen molar-refractivity contribution >= 4 is 23.1 Å². The van der Waals surface area contributed by atoms with Crippen LogP contribution in [0.5, 0.6) is 0 Å². The van der Waals surface area contributed by atoms with E-state index in [-0.39, 0.29) is 56.7 Å². The van der Waals surface area contributed by atoms with Crippen molar-refractivity contribution in [1.29, 1.82) is 0 Å². The van der Waals surface area contributed by atoms with Crippen molar-refractivity contribution in [1.82, 2.24) is 15.1 Å². The van der Waals surface area contributed by atoms with Gasteiger partial charge in [-0.2, -0.15) is 0 Å². The minimum Gasteiger partial charge on any atom is -0.465 e. The summed E-state index contributed by atoms with van der Waals surface area (Å²) in [5.74, 6) is 1.63. The molecule has 1 aliphatic heterocycles. The molecule has 2 amide bonds. The maximum atomic E-state index is 15.4. The summed E-state index contributed by atoms with van der Waals surface area (Å²) in [7, 11) is 5.68. The smallest absolute Gasteiger partial charge is 0.337 e. The topological polar surface area (TPSA) is 87.9 Å². The van der Waals surface area contributed by atoms with E-state index >= 15 is 4.79 Å². The number of fused-ring (bicyclic) bond motifs is 7. The van der Waals surface area contributed by atoms with Crippen molar-refractivity contribution in [2.24, 2.45) is 56.5 Å². The van der Waals surface area contributed by atoms with Crippen LogP contribution in [0.1, 0.15) is 173 Å². The number of hydrogen-bond donors (Lipinski definition) is 2. The zero-order chi connectivity index (χ0) is 47.1. The van der Waals surface area contributed by atoms with Crippen LogP contribution < -0.4 is 11.1 Å². The number of ether oxygens (including phenoxy) is 1. The molecule has 6 fully saturated rings. The number of nitrogens with two attached hydrogens (primary N) is 1. The van der Waals surface area contributed by atoms with E-state index in [0.717, 1.165) is 77.2 Å². The number of unbranched alkanes of at least 4 members (excludes halogenated alkanes) is 2. The van der Waals surface area contributed by atoms with Gasteiger partial charge in [-0.05, 0) is 189 Å². The van der Waals surface area contributed by atoms with Gasteiger partial charge in [0.05, 0.1) is 18.7 Å². The summed E-state index contributed by atoms with van der Waals surface area (Å²) in [6.45, 7) is 18.5. The molecule has 0 aromatic heterocycles. The Bertz CT molecular complexity index is 2260. The van der Waals surface area contributed by atoms with Crippen LogP contribution in [0.25, 0.3) is 11.1 Å². The van der Waals surface area contributed by atoms with Crippen LogP contribution in [0.15, 0.2) is 78.5 Å². The van der Waals surface area contributed by atoms with Crippen molar-refractivity contribution in [3.8, 4) is 0 Å². The average Bonchev–Trinajstić information content (AvgIpc) is 3.65. The third-order valence-corrected chi connectivity index (χ3v) is 21.3. The second-order valence-electron chi connectivity index (χ2n) is 24.3. The van der Waals surface area contributed by atoms with Crippen LogP contribution >= 0.6 is 0 Å². The standard InChI is InChI=1S/C59H84N4O3/c1-40(41-19-14-12-15-20-41)18-13-11-16-21-46(61-8)47-22-17-39-63(47)52(65)62(9)58-33-28-45(54(4)35-36-54)50(58)59(60)34-30-49-55(5)31-27-44(42-23-25-43(26-24-42)51(64)66-10)53(2,3)48(55)29-32-56(49,6)57(59,7)37-38-58/h12,14-15,18-21,23-27,45,47-50,61H,11,13,16-17,22,28-39,60H2,1-10H3/b40-18+,46-21+/t45?,47-,48-,49?,50?,55-,56+,57-,58-,59-/m0/s1. The van der Waals surface area contributed by atoms with Crippen LogP contribution in [0.2, 0.25) is 0 Å². The van der Waals surface area contributed by atoms with E-state index in [1.54, 1.807) is 0 Å². The lowest BCUT2D eigenvalue weighted by Crippen LogP contribution is -2.79. The number of carbonyl (C=O) groups is 2. The lowest BCUT2D eigenvalue weighted by molar-refractivity contribution is -0.236. The highest BCUT2D eigenvalue weighted by atomic mass is 16.5. The van der Waals surface area contributed by atoms with Gasteiger partial charge in [-0.15, -0.1) is 0 Å². The summed E-state index contributed by atoms with van der Waals surface area (Å²) in [6.07, 6.45) is 25.1. The van der Waals surface area contributed by atoms with Gasteiger partial charge in [-0.1, -0.05) is 102 Å². The van der Waals surface area contributed by atoms with Gasteiger partial charge in [0.1, 0.15) is 0 Å². The van der Waals surface area contributed by atoms with E-state index in [2.05, 4.69) is 131 Å². The number of likely N-dealkylation sites (tertiary alicyclic amines) is 1. The van der Waals surface area contributed by atoms with Crippen molar-refractivity contribution < 1.29 is 14.3 Å². The molecule has 66 heavy (non-hydrogen) atoms. The SMILES string of the molecule is CN/C(=C/CCC/C=C(\C)c1ccccc1)[C@@H]1CCCN1C(=O)N(C)[C@]12CCC(C3(C)CC3)C1[C@@]1(N)CCC3[C@@]4(C)CC=C(c5ccc(C(=O)OC)cc5)C(C)(C)[C@@H]4CC[C@@]3(C)[C@]1(C)CC2. The zero-order valence-electron chi connectivity index (χ0n) is 42.5. The maximum Gasteiger partial charge on any atom is 0.337 e. The van der Waals surface area contributed by atoms with E-state index in [4.69, 9.17) is 10.5 Å². The number of urea groups is 1. The van der Waals surface area contributed by atoms with Crippen molar-refractivity contribution in [3.05, 3.63) is 95.2 Å². The number of carbonyl (C=O) groups excluding carboxylic acids is 2. The molecule has 2 aromatic carbocycles. The number of methoxy groups -OCH3 is 1. The van der Waals surface area contributed by atoms with Gasteiger partial charge in [-0.3, -0.25) is 0 Å². The van der Waals surface area contributed by atoms with E-state index in [1.807, 2.05) is 19.2 Å². The van der Waals surface area contributed by atoms with Gasteiger partial charge in [0.25, 0.3) is 0 Å². The summed E-state index contributed by atoms with van der Waals surface area (Å²) in [5, 5.41) is 3.57. The molecule has 7 aliphatic rings. The molecule has 10 atom stereocenters. The van der Waals surface area contributed by atoms with Crippen molar-refractivity contribution in [3.63, 3.8) is 0 Å². The molecule has 2 aromatic rings. The Balaban J connectivity index is 0.971. The number of nitrogens with zero attached hydrogens (tertiary/aromatic N) is 2. The van der Waals surface area contributed by atoms with Gasteiger partial charge in [0, 0.05) is 43.3 Å². The van der Waals surface area contributed by atoms with Crippen molar-refractivity contribution in [2.45, 2.75) is 168 Å². The molecule has 0 bridgehead atoms. The number of likely N-dealkylation sites (N-methyl/N-ethyl adjacent to an activating group) is 1. The fourth-order valence-electron chi connectivity index (χ4n) is 17.2. The first-order valence-electron chi connectivity index (χ1n) is 26.2. The molecule has 1 heterocycles. The number of rotatable bonds is 11. The monoisotopic (exact) mass is 897 g/mol. The largest absolute Gasteiger partial charge is 0.465 e. The molecular weight excluding hydrogens is 813 g/mol. The Hall–Kier alpha value is -3.84. The summed E-state index contributed by atoms with van der Waals surface area (Å²) < 4.78 is 5.01. The third kappa shape index (κ3) is 7.10. The molecule has 3 unspecified atom stereocenters. The highest BCUT2D eigenvalue weighted by molar-refractivity contribution is 5.90. The number of nitrogens with one attached hydrogen (secondary N) is 1. The maximum absolute atomic E-state index is 15.4. The molecule has 7 heteroatoms. The van der Waals surface area contributed by atoms with Gasteiger partial charge < -0.3 is 25.6 Å². The molecule has 358 valence electrons. The van der Waals surface area contributed by atoms with E-state index in [9.17, 15) is 4.79 Å². The molecule has 9 rings (SSSR count). The van der Waals surface area contributed by atoms with Gasteiger partial charge in [0.2, 0.25) is 0 Å². The lowest BCUT2D eigenvalue weighted by Gasteiger charge is -2.76. The zero-order valence-corrected chi connectivity index (χ0v) is 42.5. The number of hydrogen-bond acceptors (Lipinski definition) is 5. The van der Waals surface area contributed by atoms with Crippen LogP contribution in [0.3, 0.4) is 0 Å². The fourth-order valence-corrected chi connectivity index (χ4v) is 17.2. The van der Waals surface area contributed by atoms with E-state index < -0.39 is 0 Å². The first-order valence-corrected chi connectivity index (χ1v) is 26.2. The molecule has 7 nitrogen and oxygen atoms in total. The molecular formula is C59H84N4O3. The minimum absolute atomic E-state index is 0.0179. The number of benzene rings is 2.